The molecule has 0 rings (SSSR count). The number of nitrogens with two attached hydrogens (primary N) is 4. The fourth-order valence-electron chi connectivity index (χ4n) is 0.226. The smallest absolute Gasteiger partial charge is 0.357 e. The molecule has 0 spiro atoms. The third-order valence-electron chi connectivity index (χ3n) is 0.532. The highest BCUT2D eigenvalue weighted by molar-refractivity contribution is 5.86. The zero-order chi connectivity index (χ0) is 8.36. The summed E-state index contributed by atoms with van der Waals surface area (Å²) in [4.78, 5) is 10.5. The van der Waals surface area contributed by atoms with Crippen LogP contribution in [0, 0.1) is 0 Å². The van der Waals surface area contributed by atoms with Crippen LogP contribution in [0.5, 0.6) is 0 Å². The van der Waals surface area contributed by atoms with Gasteiger partial charge in [0.1, 0.15) is 5.70 Å². The molecule has 0 aromatic heterocycles. The maximum atomic E-state index is 10.5. The SMILES string of the molecule is C=C(N)C(=O)OC(N)(N)N. The highest BCUT2D eigenvalue weighted by atomic mass is 16.6. The highest BCUT2D eigenvalue weighted by Gasteiger charge is 2.18. The van der Waals surface area contributed by atoms with E-state index in [-0.39, 0.29) is 5.70 Å². The quantitative estimate of drug-likeness (QED) is 0.193. The molecule has 0 aliphatic carbocycles. The van der Waals surface area contributed by atoms with E-state index >= 15 is 0 Å². The molecule has 0 aliphatic rings. The number of carbonyl (C=O) groups excluding carboxylic acids is 1. The average molecular weight is 146 g/mol. The molecule has 6 heteroatoms. The minimum atomic E-state index is -1.99. The number of rotatable bonds is 2. The van der Waals surface area contributed by atoms with Gasteiger partial charge in [0.15, 0.2) is 0 Å². The second kappa shape index (κ2) is 2.65. The van der Waals surface area contributed by atoms with Gasteiger partial charge in [0, 0.05) is 0 Å². The molecule has 0 fully saturated rings. The van der Waals surface area contributed by atoms with Gasteiger partial charge in [-0.05, 0) is 0 Å². The minimum absolute atomic E-state index is 0.300. The van der Waals surface area contributed by atoms with Crippen LogP contribution in [-0.2, 0) is 9.53 Å². The number of esters is 1. The summed E-state index contributed by atoms with van der Waals surface area (Å²) in [5, 5.41) is 0. The first-order chi connectivity index (χ1) is 4.33. The minimum Gasteiger partial charge on any atom is -0.412 e. The van der Waals surface area contributed by atoms with Crippen LogP contribution >= 0.6 is 0 Å². The Morgan fingerprint density at radius 3 is 1.90 bits per heavy atom. The summed E-state index contributed by atoms with van der Waals surface area (Å²) in [5.74, 6) is -2.91. The van der Waals surface area contributed by atoms with Gasteiger partial charge in [-0.25, -0.2) is 4.79 Å². The van der Waals surface area contributed by atoms with E-state index in [0.29, 0.717) is 0 Å². The van der Waals surface area contributed by atoms with Crippen molar-refractivity contribution in [3.63, 3.8) is 0 Å². The average Bonchev–Trinajstić information content (AvgIpc) is 1.60. The molecule has 10 heavy (non-hydrogen) atoms. The van der Waals surface area contributed by atoms with Crippen molar-refractivity contribution in [1.82, 2.24) is 0 Å². The summed E-state index contributed by atoms with van der Waals surface area (Å²) in [6, 6.07) is 0. The molecule has 0 radical (unpaired) electrons. The predicted molar refractivity (Wildman–Crippen MR) is 34.7 cm³/mol. The zero-order valence-electron chi connectivity index (χ0n) is 5.33. The molecule has 0 aromatic rings. The molecule has 0 saturated carbocycles. The fourth-order valence-corrected chi connectivity index (χ4v) is 0.226. The molecule has 6 nitrogen and oxygen atoms in total. The van der Waals surface area contributed by atoms with Crippen molar-refractivity contribution in [3.8, 4) is 0 Å². The summed E-state index contributed by atoms with van der Waals surface area (Å²) >= 11 is 0. The number of hydrogen-bond acceptors (Lipinski definition) is 6. The third-order valence-corrected chi connectivity index (χ3v) is 0.532. The van der Waals surface area contributed by atoms with E-state index in [1.807, 2.05) is 0 Å². The monoisotopic (exact) mass is 146 g/mol. The fraction of sp³-hybridized carbons (Fsp3) is 0.250. The van der Waals surface area contributed by atoms with Crippen molar-refractivity contribution in [1.29, 1.82) is 0 Å². The van der Waals surface area contributed by atoms with Crippen LogP contribution in [0.4, 0.5) is 0 Å². The Hall–Kier alpha value is -1.11. The maximum Gasteiger partial charge on any atom is 0.357 e. The Balaban J connectivity index is 3.93. The number of hydrogen-bond donors (Lipinski definition) is 4. The summed E-state index contributed by atoms with van der Waals surface area (Å²) in [6.07, 6.45) is 0. The molecule has 0 aromatic carbocycles. The van der Waals surface area contributed by atoms with E-state index in [0.717, 1.165) is 0 Å². The van der Waals surface area contributed by atoms with Crippen LogP contribution in [0.15, 0.2) is 12.3 Å². The molecule has 0 bridgehead atoms. The van der Waals surface area contributed by atoms with Crippen LogP contribution in [0.2, 0.25) is 0 Å². The van der Waals surface area contributed by atoms with Gasteiger partial charge in [0.25, 0.3) is 5.97 Å². The van der Waals surface area contributed by atoms with Gasteiger partial charge >= 0.3 is 5.97 Å². The molecular formula is C4H10N4O2. The van der Waals surface area contributed by atoms with Gasteiger partial charge in [0.05, 0.1) is 0 Å². The topological polar surface area (TPSA) is 130 Å². The first-order valence-corrected chi connectivity index (χ1v) is 2.37. The standard InChI is InChI=1S/C4H10N4O2/c1-2(5)3(9)10-4(6,7)8/h1,5-8H2. The van der Waals surface area contributed by atoms with Gasteiger partial charge in [-0.15, -0.1) is 0 Å². The van der Waals surface area contributed by atoms with Crippen molar-refractivity contribution < 1.29 is 9.53 Å². The van der Waals surface area contributed by atoms with E-state index in [9.17, 15) is 4.79 Å². The number of ether oxygens (including phenoxy) is 1. The van der Waals surface area contributed by atoms with E-state index in [4.69, 9.17) is 22.9 Å². The Morgan fingerprint density at radius 1 is 1.40 bits per heavy atom. The second-order valence-electron chi connectivity index (χ2n) is 1.77. The first-order valence-electron chi connectivity index (χ1n) is 2.37. The van der Waals surface area contributed by atoms with Gasteiger partial charge < -0.3 is 10.5 Å². The van der Waals surface area contributed by atoms with Crippen LogP contribution in [-0.4, -0.2) is 11.9 Å². The van der Waals surface area contributed by atoms with Gasteiger partial charge in [-0.3, -0.25) is 17.2 Å². The summed E-state index contributed by atoms with van der Waals surface area (Å²) in [7, 11) is 0. The van der Waals surface area contributed by atoms with E-state index in [1.165, 1.54) is 0 Å². The predicted octanol–water partition coefficient (Wildman–Crippen LogP) is -2.51. The van der Waals surface area contributed by atoms with Gasteiger partial charge in [-0.2, -0.15) is 0 Å². The second-order valence-corrected chi connectivity index (χ2v) is 1.77. The number of carbonyl (C=O) groups is 1. The summed E-state index contributed by atoms with van der Waals surface area (Å²) in [5.41, 5.74) is 19.3. The molecule has 0 saturated heterocycles. The third kappa shape index (κ3) is 3.84. The summed E-state index contributed by atoms with van der Waals surface area (Å²) < 4.78 is 4.17. The van der Waals surface area contributed by atoms with Crippen LogP contribution in [0.1, 0.15) is 0 Å². The molecular weight excluding hydrogens is 136 g/mol. The van der Waals surface area contributed by atoms with E-state index in [1.54, 1.807) is 0 Å². The molecule has 0 atom stereocenters. The first kappa shape index (κ1) is 8.89. The zero-order valence-corrected chi connectivity index (χ0v) is 5.33. The molecule has 58 valence electrons. The van der Waals surface area contributed by atoms with E-state index in [2.05, 4.69) is 11.3 Å². The Bertz CT molecular complexity index is 159. The Morgan fingerprint density at radius 2 is 1.80 bits per heavy atom. The lowest BCUT2D eigenvalue weighted by molar-refractivity contribution is -0.153. The Kier molecular flexibility index (Phi) is 2.36. The van der Waals surface area contributed by atoms with Crippen molar-refractivity contribution >= 4 is 5.97 Å². The molecule has 0 heterocycles. The van der Waals surface area contributed by atoms with Crippen molar-refractivity contribution in [2.75, 3.05) is 0 Å². The van der Waals surface area contributed by atoms with Gasteiger partial charge in [0.2, 0.25) is 0 Å². The van der Waals surface area contributed by atoms with Crippen molar-refractivity contribution in [3.05, 3.63) is 12.3 Å². The lowest BCUT2D eigenvalue weighted by atomic mass is 10.5. The normalized spacial score (nSPS) is 10.7. The van der Waals surface area contributed by atoms with Gasteiger partial charge in [-0.1, -0.05) is 6.58 Å². The lowest BCUT2D eigenvalue weighted by Gasteiger charge is -2.17. The van der Waals surface area contributed by atoms with Crippen LogP contribution in [0.3, 0.4) is 0 Å². The van der Waals surface area contributed by atoms with Crippen LogP contribution in [0.25, 0.3) is 0 Å². The van der Waals surface area contributed by atoms with Crippen molar-refractivity contribution in [2.24, 2.45) is 22.9 Å². The summed E-state index contributed by atoms with van der Waals surface area (Å²) in [6.45, 7) is 3.08. The maximum absolute atomic E-state index is 10.5. The lowest BCUT2D eigenvalue weighted by Crippen LogP contribution is -2.61. The van der Waals surface area contributed by atoms with E-state index < -0.39 is 11.9 Å². The highest BCUT2D eigenvalue weighted by Crippen LogP contribution is 1.89. The molecule has 0 unspecified atom stereocenters. The molecule has 0 amide bonds. The van der Waals surface area contributed by atoms with Crippen LogP contribution < -0.4 is 22.9 Å². The molecule has 0 aliphatic heterocycles. The molecule has 8 N–H and O–H groups in total. The Labute approximate surface area is 57.8 Å². The largest absolute Gasteiger partial charge is 0.412 e. The van der Waals surface area contributed by atoms with Crippen molar-refractivity contribution in [2.45, 2.75) is 5.97 Å².